The molecule has 2 aliphatic heterocycles. The van der Waals surface area contributed by atoms with Crippen molar-refractivity contribution in [1.82, 2.24) is 15.4 Å². The highest BCUT2D eigenvalue weighted by Gasteiger charge is 2.27. The molecule has 2 atom stereocenters. The Kier molecular flexibility index (Phi) is 8.39. The molecule has 0 bridgehead atoms. The normalized spacial score (nSPS) is 20.5. The molecule has 180 valence electrons. The van der Waals surface area contributed by atoms with E-state index in [0.717, 1.165) is 25.7 Å². The minimum Gasteiger partial charge on any atom is -0.364 e. The first kappa shape index (κ1) is 24.5. The van der Waals surface area contributed by atoms with Crippen molar-refractivity contribution in [1.29, 1.82) is 0 Å². The summed E-state index contributed by atoms with van der Waals surface area (Å²) in [5.74, 6) is 0.105. The Morgan fingerprint density at radius 3 is 2.74 bits per heavy atom. The highest BCUT2D eigenvalue weighted by atomic mass is 35.5. The number of nitrogens with zero attached hydrogens (tertiary/aromatic N) is 2. The van der Waals surface area contributed by atoms with Crippen molar-refractivity contribution in [3.63, 3.8) is 0 Å². The Morgan fingerprint density at radius 1 is 1.18 bits per heavy atom. The Hall–Kier alpha value is -2.65. The average Bonchev–Trinajstić information content (AvgIpc) is 3.32. The van der Waals surface area contributed by atoms with Crippen LogP contribution in [0.3, 0.4) is 0 Å². The van der Waals surface area contributed by atoms with Crippen LogP contribution in [0.2, 0.25) is 10.0 Å². The molecule has 2 saturated heterocycles. The maximum atomic E-state index is 12.7. The molecule has 2 fully saturated rings. The second-order valence-corrected chi connectivity index (χ2v) is 9.04. The van der Waals surface area contributed by atoms with Crippen molar-refractivity contribution in [2.24, 2.45) is 0 Å². The van der Waals surface area contributed by atoms with E-state index in [0.29, 0.717) is 46.7 Å². The number of amides is 2. The molecule has 4 rings (SSSR count). The predicted molar refractivity (Wildman–Crippen MR) is 130 cm³/mol. The summed E-state index contributed by atoms with van der Waals surface area (Å²) in [6, 6.07) is 8.63. The molecule has 10 heteroatoms. The van der Waals surface area contributed by atoms with Crippen LogP contribution in [0.4, 0.5) is 5.82 Å². The van der Waals surface area contributed by atoms with Gasteiger partial charge in [-0.2, -0.15) is 0 Å². The number of hydroxylamine groups is 1. The van der Waals surface area contributed by atoms with Gasteiger partial charge < -0.3 is 15.0 Å². The average molecular weight is 505 g/mol. The van der Waals surface area contributed by atoms with Gasteiger partial charge in [0.25, 0.3) is 11.8 Å². The molecule has 2 amide bonds. The van der Waals surface area contributed by atoms with Crippen LogP contribution in [0.5, 0.6) is 0 Å². The third-order valence-electron chi connectivity index (χ3n) is 5.63. The Balaban J connectivity index is 1.26. The molecule has 2 N–H and O–H groups in total. The third-order valence-corrected chi connectivity index (χ3v) is 6.17. The summed E-state index contributed by atoms with van der Waals surface area (Å²) in [6.45, 7) is 1.82. The number of anilines is 1. The van der Waals surface area contributed by atoms with E-state index in [4.69, 9.17) is 32.8 Å². The van der Waals surface area contributed by atoms with Crippen LogP contribution in [-0.2, 0) is 14.4 Å². The fraction of sp³-hybridized carbons (Fsp3) is 0.375. The topological polar surface area (TPSA) is 92.8 Å². The molecule has 8 nitrogen and oxygen atoms in total. The van der Waals surface area contributed by atoms with Crippen molar-refractivity contribution < 1.29 is 19.2 Å². The summed E-state index contributed by atoms with van der Waals surface area (Å²) in [5.41, 5.74) is 3.65. The van der Waals surface area contributed by atoms with Gasteiger partial charge in [-0.15, -0.1) is 0 Å². The van der Waals surface area contributed by atoms with Gasteiger partial charge in [-0.1, -0.05) is 23.2 Å². The number of benzene rings is 1. The van der Waals surface area contributed by atoms with E-state index < -0.39 is 12.2 Å². The molecule has 1 aromatic heterocycles. The number of halogens is 2. The second-order valence-electron chi connectivity index (χ2n) is 8.20. The largest absolute Gasteiger partial charge is 0.364 e. The third kappa shape index (κ3) is 6.70. The Labute approximate surface area is 208 Å². The lowest BCUT2D eigenvalue weighted by Crippen LogP contribution is -2.32. The lowest BCUT2D eigenvalue weighted by atomic mass is 10.2. The van der Waals surface area contributed by atoms with Crippen LogP contribution in [0.25, 0.3) is 6.08 Å². The number of aromatic nitrogens is 1. The van der Waals surface area contributed by atoms with Crippen LogP contribution in [-0.4, -0.2) is 53.7 Å². The molecule has 2 aliphatic rings. The van der Waals surface area contributed by atoms with Crippen LogP contribution in [0, 0.1) is 0 Å². The van der Waals surface area contributed by atoms with Gasteiger partial charge in [0.05, 0.1) is 5.02 Å². The van der Waals surface area contributed by atoms with Crippen LogP contribution in [0.15, 0.2) is 42.6 Å². The number of ether oxygens (including phenoxy) is 1. The molecule has 1 unspecified atom stereocenters. The van der Waals surface area contributed by atoms with Crippen molar-refractivity contribution in [3.05, 3.63) is 63.8 Å². The van der Waals surface area contributed by atoms with E-state index >= 15 is 0 Å². The SMILES string of the molecule is O=C(/C=C/c1cnc(N[C@@H]2CCN(C(=O)c3ccc(Cl)cc3)C2)c(Cl)c1)NOC1CCCCO1. The van der Waals surface area contributed by atoms with Gasteiger partial charge in [-0.3, -0.25) is 9.59 Å². The van der Waals surface area contributed by atoms with E-state index in [1.54, 1.807) is 47.5 Å². The first-order valence-corrected chi connectivity index (χ1v) is 12.0. The number of likely N-dealkylation sites (tertiary alicyclic amines) is 1. The monoisotopic (exact) mass is 504 g/mol. The molecule has 0 spiro atoms. The lowest BCUT2D eigenvalue weighted by Gasteiger charge is -2.21. The zero-order chi connectivity index (χ0) is 23.9. The van der Waals surface area contributed by atoms with Gasteiger partial charge in [0.2, 0.25) is 0 Å². The van der Waals surface area contributed by atoms with E-state index in [9.17, 15) is 9.59 Å². The first-order valence-electron chi connectivity index (χ1n) is 11.2. The number of rotatable bonds is 7. The molecule has 3 heterocycles. The predicted octanol–water partition coefficient (Wildman–Crippen LogP) is 4.30. The van der Waals surface area contributed by atoms with Crippen molar-refractivity contribution in [2.45, 2.75) is 38.0 Å². The molecule has 34 heavy (non-hydrogen) atoms. The summed E-state index contributed by atoms with van der Waals surface area (Å²) in [7, 11) is 0. The van der Waals surface area contributed by atoms with E-state index in [-0.39, 0.29) is 11.9 Å². The number of carbonyl (C=O) groups excluding carboxylic acids is 2. The quantitative estimate of drug-likeness (QED) is 0.431. The maximum absolute atomic E-state index is 12.7. The molecule has 1 aromatic carbocycles. The van der Waals surface area contributed by atoms with Gasteiger partial charge in [0.1, 0.15) is 5.82 Å². The fourth-order valence-corrected chi connectivity index (χ4v) is 4.17. The minimum absolute atomic E-state index is 0.0298. The molecular weight excluding hydrogens is 479 g/mol. The van der Waals surface area contributed by atoms with Crippen LogP contribution in [0.1, 0.15) is 41.6 Å². The minimum atomic E-state index is -0.402. The number of carbonyl (C=O) groups is 2. The van der Waals surface area contributed by atoms with Gasteiger partial charge in [-0.25, -0.2) is 15.3 Å². The highest BCUT2D eigenvalue weighted by molar-refractivity contribution is 6.33. The van der Waals surface area contributed by atoms with Gasteiger partial charge >= 0.3 is 0 Å². The second kappa shape index (κ2) is 11.7. The zero-order valence-corrected chi connectivity index (χ0v) is 20.0. The standard InChI is InChI=1S/C24H26Cl2N4O4/c25-18-7-5-17(6-8-18)24(32)30-11-10-19(15-30)28-23-20(26)13-16(14-27-23)4-9-21(31)29-34-22-3-1-2-12-33-22/h4-9,13-14,19,22H,1-3,10-12,15H2,(H,27,28)(H,29,31)/b9-4+/t19-,22?/m1/s1. The number of pyridine rings is 1. The summed E-state index contributed by atoms with van der Waals surface area (Å²) in [6.07, 6.45) is 7.72. The fourth-order valence-electron chi connectivity index (χ4n) is 3.81. The van der Waals surface area contributed by atoms with Crippen LogP contribution >= 0.6 is 23.2 Å². The van der Waals surface area contributed by atoms with Crippen LogP contribution < -0.4 is 10.8 Å². The smallest absolute Gasteiger partial charge is 0.267 e. The zero-order valence-electron chi connectivity index (χ0n) is 18.5. The van der Waals surface area contributed by atoms with Crippen molar-refractivity contribution in [2.75, 3.05) is 25.0 Å². The van der Waals surface area contributed by atoms with E-state index in [1.807, 2.05) is 0 Å². The molecule has 2 aromatic rings. The maximum Gasteiger partial charge on any atom is 0.267 e. The first-order chi connectivity index (χ1) is 16.5. The lowest BCUT2D eigenvalue weighted by molar-refractivity contribution is -0.198. The van der Waals surface area contributed by atoms with Gasteiger partial charge in [0.15, 0.2) is 6.29 Å². The number of hydrogen-bond acceptors (Lipinski definition) is 6. The number of hydrogen-bond donors (Lipinski definition) is 2. The van der Waals surface area contributed by atoms with Gasteiger partial charge in [-0.05, 0) is 61.2 Å². The number of nitrogens with one attached hydrogen (secondary N) is 2. The van der Waals surface area contributed by atoms with Crippen molar-refractivity contribution in [3.8, 4) is 0 Å². The molecule has 0 saturated carbocycles. The van der Waals surface area contributed by atoms with E-state index in [1.165, 1.54) is 6.08 Å². The summed E-state index contributed by atoms with van der Waals surface area (Å²) in [5, 5.41) is 4.33. The molecule has 0 radical (unpaired) electrons. The highest BCUT2D eigenvalue weighted by Crippen LogP contribution is 2.24. The van der Waals surface area contributed by atoms with Gasteiger partial charge in [0, 0.05) is 55.0 Å². The summed E-state index contributed by atoms with van der Waals surface area (Å²) >= 11 is 12.3. The molecule has 0 aliphatic carbocycles. The molecular formula is C24H26Cl2N4O4. The summed E-state index contributed by atoms with van der Waals surface area (Å²) < 4.78 is 5.40. The Morgan fingerprint density at radius 2 is 2.00 bits per heavy atom. The van der Waals surface area contributed by atoms with E-state index in [2.05, 4.69) is 15.8 Å². The van der Waals surface area contributed by atoms with Crippen molar-refractivity contribution >= 4 is 46.9 Å². The Bertz CT molecular complexity index is 1040. The summed E-state index contributed by atoms with van der Waals surface area (Å²) in [4.78, 5) is 36.1.